The molecule has 0 spiro atoms. The number of anilines is 2. The summed E-state index contributed by atoms with van der Waals surface area (Å²) in [7, 11) is 0. The molecule has 4 heterocycles. The summed E-state index contributed by atoms with van der Waals surface area (Å²) in [6, 6.07) is 0. The fourth-order valence-electron chi connectivity index (χ4n) is 2.62. The fourth-order valence-corrected chi connectivity index (χ4v) is 4.52. The standard InChI is InChI=1S/C15H15IN6OS/c1-8-10-11(24-12(8)16)14(22-2-4-23-5-3-22)21-13(20-10)9-6-18-15(17)19-7-9/h6-7H,2-5H2,1H3,(H2,17,18,19). The number of morpholine rings is 1. The van der Waals surface area contributed by atoms with Crippen LogP contribution in [0.15, 0.2) is 12.4 Å². The molecule has 7 nitrogen and oxygen atoms in total. The molecule has 0 bridgehead atoms. The van der Waals surface area contributed by atoms with Gasteiger partial charge in [-0.3, -0.25) is 0 Å². The van der Waals surface area contributed by atoms with Gasteiger partial charge in [-0.05, 0) is 35.1 Å². The SMILES string of the molecule is Cc1c(I)sc2c(N3CCOCC3)nc(-c3cnc(N)nc3)nc12. The van der Waals surface area contributed by atoms with Gasteiger partial charge in [0, 0.05) is 25.5 Å². The molecule has 1 aliphatic heterocycles. The zero-order valence-corrected chi connectivity index (χ0v) is 16.0. The van der Waals surface area contributed by atoms with Crippen molar-refractivity contribution >= 4 is 55.9 Å². The van der Waals surface area contributed by atoms with Crippen LogP contribution >= 0.6 is 33.9 Å². The van der Waals surface area contributed by atoms with E-state index in [1.54, 1.807) is 23.7 Å². The molecule has 0 atom stereocenters. The van der Waals surface area contributed by atoms with Gasteiger partial charge < -0.3 is 15.4 Å². The van der Waals surface area contributed by atoms with E-state index < -0.39 is 0 Å². The van der Waals surface area contributed by atoms with Crippen LogP contribution in [0.5, 0.6) is 0 Å². The van der Waals surface area contributed by atoms with Crippen LogP contribution in [0.1, 0.15) is 5.56 Å². The number of aromatic nitrogens is 4. The van der Waals surface area contributed by atoms with E-state index in [0.717, 1.165) is 34.7 Å². The summed E-state index contributed by atoms with van der Waals surface area (Å²) in [5.41, 5.74) is 8.53. The number of ether oxygens (including phenoxy) is 1. The van der Waals surface area contributed by atoms with E-state index in [1.165, 1.54) is 8.45 Å². The molecule has 0 saturated carbocycles. The largest absolute Gasteiger partial charge is 0.378 e. The summed E-state index contributed by atoms with van der Waals surface area (Å²) in [6.45, 7) is 5.19. The molecule has 1 fully saturated rings. The van der Waals surface area contributed by atoms with Gasteiger partial charge in [-0.15, -0.1) is 11.3 Å². The van der Waals surface area contributed by atoms with Crippen molar-refractivity contribution in [1.82, 2.24) is 19.9 Å². The van der Waals surface area contributed by atoms with Gasteiger partial charge in [0.1, 0.15) is 0 Å². The predicted molar refractivity (Wildman–Crippen MR) is 103 cm³/mol. The summed E-state index contributed by atoms with van der Waals surface area (Å²) in [6.07, 6.45) is 3.33. The molecular formula is C15H15IN6OS. The van der Waals surface area contributed by atoms with Crippen molar-refractivity contribution in [3.8, 4) is 11.4 Å². The second-order valence-electron chi connectivity index (χ2n) is 5.48. The number of hydrogen-bond donors (Lipinski definition) is 1. The number of rotatable bonds is 2. The molecule has 124 valence electrons. The first kappa shape index (κ1) is 15.9. The van der Waals surface area contributed by atoms with Gasteiger partial charge in [0.25, 0.3) is 0 Å². The molecule has 0 amide bonds. The molecule has 24 heavy (non-hydrogen) atoms. The number of aryl methyl sites for hydroxylation is 1. The highest BCUT2D eigenvalue weighted by Gasteiger charge is 2.21. The third kappa shape index (κ3) is 2.80. The van der Waals surface area contributed by atoms with Crippen molar-refractivity contribution in [1.29, 1.82) is 0 Å². The topological polar surface area (TPSA) is 90.0 Å². The summed E-state index contributed by atoms with van der Waals surface area (Å²) in [5.74, 6) is 1.84. The van der Waals surface area contributed by atoms with Gasteiger partial charge in [0.2, 0.25) is 5.95 Å². The zero-order chi connectivity index (χ0) is 16.7. The Hall–Kier alpha value is -1.59. The average Bonchev–Trinajstić information content (AvgIpc) is 2.90. The van der Waals surface area contributed by atoms with E-state index in [1.807, 2.05) is 0 Å². The maximum absolute atomic E-state index is 5.59. The van der Waals surface area contributed by atoms with Crippen LogP contribution in [0.25, 0.3) is 21.6 Å². The Kier molecular flexibility index (Phi) is 4.22. The number of nitrogen functional groups attached to an aromatic ring is 1. The van der Waals surface area contributed by atoms with Gasteiger partial charge in [0.15, 0.2) is 11.6 Å². The summed E-state index contributed by atoms with van der Waals surface area (Å²) >= 11 is 4.10. The lowest BCUT2D eigenvalue weighted by Crippen LogP contribution is -2.36. The molecule has 4 rings (SSSR count). The molecule has 1 saturated heterocycles. The molecule has 0 aromatic carbocycles. The third-order valence-corrected chi connectivity index (χ3v) is 6.47. The highest BCUT2D eigenvalue weighted by Crippen LogP contribution is 2.37. The minimum atomic E-state index is 0.245. The lowest BCUT2D eigenvalue weighted by molar-refractivity contribution is 0.122. The van der Waals surface area contributed by atoms with Crippen LogP contribution in [-0.4, -0.2) is 46.2 Å². The number of thiophene rings is 1. The Morgan fingerprint density at radius 1 is 1.21 bits per heavy atom. The van der Waals surface area contributed by atoms with E-state index in [9.17, 15) is 0 Å². The lowest BCUT2D eigenvalue weighted by Gasteiger charge is -2.28. The maximum Gasteiger partial charge on any atom is 0.219 e. The first-order chi connectivity index (χ1) is 11.6. The number of nitrogens with zero attached hydrogens (tertiary/aromatic N) is 5. The van der Waals surface area contributed by atoms with Crippen LogP contribution in [0.3, 0.4) is 0 Å². The van der Waals surface area contributed by atoms with Gasteiger partial charge >= 0.3 is 0 Å². The highest BCUT2D eigenvalue weighted by molar-refractivity contribution is 14.1. The van der Waals surface area contributed by atoms with Gasteiger partial charge in [-0.25, -0.2) is 19.9 Å². The van der Waals surface area contributed by atoms with Crippen molar-refractivity contribution in [2.45, 2.75) is 6.92 Å². The van der Waals surface area contributed by atoms with Crippen molar-refractivity contribution in [2.24, 2.45) is 0 Å². The van der Waals surface area contributed by atoms with Gasteiger partial charge in [-0.2, -0.15) is 0 Å². The van der Waals surface area contributed by atoms with Crippen LogP contribution in [0.4, 0.5) is 11.8 Å². The minimum Gasteiger partial charge on any atom is -0.378 e. The van der Waals surface area contributed by atoms with Crippen molar-refractivity contribution in [2.75, 3.05) is 36.9 Å². The minimum absolute atomic E-state index is 0.245. The van der Waals surface area contributed by atoms with Crippen molar-refractivity contribution in [3.63, 3.8) is 0 Å². The summed E-state index contributed by atoms with van der Waals surface area (Å²) < 4.78 is 7.83. The van der Waals surface area contributed by atoms with Crippen LogP contribution in [-0.2, 0) is 4.74 Å². The summed E-state index contributed by atoms with van der Waals surface area (Å²) in [5, 5.41) is 0. The molecule has 0 aliphatic carbocycles. The number of halogens is 1. The molecule has 1 aliphatic rings. The molecule has 0 radical (unpaired) electrons. The monoisotopic (exact) mass is 454 g/mol. The van der Waals surface area contributed by atoms with Gasteiger partial charge in [0.05, 0.1) is 31.9 Å². The van der Waals surface area contributed by atoms with Gasteiger partial charge in [-0.1, -0.05) is 0 Å². The normalized spacial score (nSPS) is 15.2. The lowest BCUT2D eigenvalue weighted by atomic mass is 10.2. The Morgan fingerprint density at radius 2 is 1.92 bits per heavy atom. The predicted octanol–water partition coefficient (Wildman–Crippen LogP) is 2.48. The molecular weight excluding hydrogens is 439 g/mol. The number of nitrogens with two attached hydrogens (primary N) is 1. The van der Waals surface area contributed by atoms with Crippen LogP contribution in [0, 0.1) is 9.81 Å². The summed E-state index contributed by atoms with van der Waals surface area (Å²) in [4.78, 5) is 20.0. The van der Waals surface area contributed by atoms with E-state index in [0.29, 0.717) is 19.0 Å². The van der Waals surface area contributed by atoms with Crippen LogP contribution < -0.4 is 10.6 Å². The van der Waals surface area contributed by atoms with Crippen LogP contribution in [0.2, 0.25) is 0 Å². The molecule has 3 aromatic heterocycles. The van der Waals surface area contributed by atoms with E-state index in [4.69, 9.17) is 20.4 Å². The second-order valence-corrected chi connectivity index (χ2v) is 8.31. The second kappa shape index (κ2) is 6.37. The Balaban J connectivity index is 1.91. The smallest absolute Gasteiger partial charge is 0.219 e. The molecule has 3 aromatic rings. The first-order valence-corrected chi connectivity index (χ1v) is 9.40. The van der Waals surface area contributed by atoms with Crippen molar-refractivity contribution in [3.05, 3.63) is 20.8 Å². The first-order valence-electron chi connectivity index (χ1n) is 7.50. The van der Waals surface area contributed by atoms with Crippen molar-refractivity contribution < 1.29 is 4.74 Å². The van der Waals surface area contributed by atoms with E-state index in [2.05, 4.69) is 44.4 Å². The van der Waals surface area contributed by atoms with E-state index >= 15 is 0 Å². The molecule has 9 heteroatoms. The fraction of sp³-hybridized carbons (Fsp3) is 0.333. The van der Waals surface area contributed by atoms with E-state index in [-0.39, 0.29) is 5.95 Å². The number of hydrogen-bond acceptors (Lipinski definition) is 8. The molecule has 0 unspecified atom stereocenters. The Labute approximate surface area is 156 Å². The average molecular weight is 454 g/mol. The Morgan fingerprint density at radius 3 is 2.62 bits per heavy atom. The molecule has 2 N–H and O–H groups in total. The third-order valence-electron chi connectivity index (χ3n) is 3.93. The Bertz CT molecular complexity index is 891. The maximum atomic E-state index is 5.59. The highest BCUT2D eigenvalue weighted by atomic mass is 127. The number of fused-ring (bicyclic) bond motifs is 1. The quantitative estimate of drug-likeness (QED) is 0.595. The zero-order valence-electron chi connectivity index (χ0n) is 13.0.